The molecule has 2 N–H and O–H groups in total. The molecule has 1 amide bonds. The molecule has 0 saturated heterocycles. The molecule has 7 heteroatoms. The number of rotatable bonds is 8. The van der Waals surface area contributed by atoms with Gasteiger partial charge in [0.25, 0.3) is 5.91 Å². The molecule has 27 heavy (non-hydrogen) atoms. The fourth-order valence-corrected chi connectivity index (χ4v) is 2.89. The van der Waals surface area contributed by atoms with Crippen molar-refractivity contribution in [2.24, 2.45) is 0 Å². The van der Waals surface area contributed by atoms with Crippen molar-refractivity contribution in [3.05, 3.63) is 58.1 Å². The van der Waals surface area contributed by atoms with Crippen LogP contribution in [-0.4, -0.2) is 24.5 Å². The third-order valence-corrected chi connectivity index (χ3v) is 4.21. The van der Waals surface area contributed by atoms with Crippen LogP contribution in [0.25, 0.3) is 0 Å². The van der Waals surface area contributed by atoms with Crippen molar-refractivity contribution in [2.45, 2.75) is 32.8 Å². The highest BCUT2D eigenvalue weighted by atomic mass is 35.5. The molecule has 0 aliphatic heterocycles. The van der Waals surface area contributed by atoms with Crippen LogP contribution in [0.4, 0.5) is 11.4 Å². The summed E-state index contributed by atoms with van der Waals surface area (Å²) in [6.07, 6.45) is 1.05. The number of anilines is 2. The van der Waals surface area contributed by atoms with Gasteiger partial charge in [0.05, 0.1) is 5.56 Å². The molecule has 5 nitrogen and oxygen atoms in total. The van der Waals surface area contributed by atoms with Crippen LogP contribution in [0.2, 0.25) is 10.0 Å². The smallest absolute Gasteiger partial charge is 0.341 e. The number of amides is 1. The fraction of sp³-hybridized carbons (Fsp3) is 0.300. The van der Waals surface area contributed by atoms with E-state index in [-0.39, 0.29) is 0 Å². The third kappa shape index (κ3) is 6.45. The Kier molecular flexibility index (Phi) is 7.95. The van der Waals surface area contributed by atoms with E-state index < -0.39 is 18.0 Å². The molecule has 0 heterocycles. The first-order valence-electron chi connectivity index (χ1n) is 8.71. The maximum atomic E-state index is 12.5. The quantitative estimate of drug-likeness (QED) is 0.453. The van der Waals surface area contributed by atoms with Crippen LogP contribution in [0.1, 0.15) is 37.0 Å². The molecular formula is C20H22Cl2N2O3. The van der Waals surface area contributed by atoms with Gasteiger partial charge >= 0.3 is 5.97 Å². The normalized spacial score (nSPS) is 11.6. The lowest BCUT2D eigenvalue weighted by Gasteiger charge is -2.16. The molecule has 0 aliphatic rings. The van der Waals surface area contributed by atoms with Gasteiger partial charge in [-0.1, -0.05) is 48.7 Å². The highest BCUT2D eigenvalue weighted by Crippen LogP contribution is 2.23. The lowest BCUT2D eigenvalue weighted by atomic mass is 10.1. The minimum absolute atomic E-state index is 0.388. The van der Waals surface area contributed by atoms with Gasteiger partial charge in [-0.05, 0) is 43.7 Å². The standard InChI is InChI=1S/C20H22Cl2N2O3/c1-3-4-9-23-18-8-6-5-7-17(18)20(26)27-13(2)19(25)24-16-11-14(21)10-15(22)12-16/h5-8,10-13,23H,3-4,9H2,1-2H3,(H,24,25)/t13-/m0/s1. The van der Waals surface area contributed by atoms with E-state index >= 15 is 0 Å². The van der Waals surface area contributed by atoms with Crippen molar-refractivity contribution in [3.8, 4) is 0 Å². The van der Waals surface area contributed by atoms with Gasteiger partial charge in [0.15, 0.2) is 6.10 Å². The molecule has 2 aromatic rings. The Morgan fingerprint density at radius 3 is 2.44 bits per heavy atom. The van der Waals surface area contributed by atoms with Gasteiger partial charge in [-0.3, -0.25) is 4.79 Å². The first-order valence-corrected chi connectivity index (χ1v) is 9.47. The third-order valence-electron chi connectivity index (χ3n) is 3.78. The van der Waals surface area contributed by atoms with Crippen LogP contribution in [0.3, 0.4) is 0 Å². The maximum Gasteiger partial charge on any atom is 0.341 e. The number of unbranched alkanes of at least 4 members (excludes halogenated alkanes) is 1. The second-order valence-corrected chi connectivity index (χ2v) is 6.89. The SMILES string of the molecule is CCCCNc1ccccc1C(=O)O[C@@H](C)C(=O)Nc1cc(Cl)cc(Cl)c1. The molecule has 0 saturated carbocycles. The lowest BCUT2D eigenvalue weighted by molar-refractivity contribution is -0.123. The van der Waals surface area contributed by atoms with Crippen molar-refractivity contribution in [2.75, 3.05) is 17.2 Å². The molecule has 144 valence electrons. The summed E-state index contributed by atoms with van der Waals surface area (Å²) in [5.41, 5.74) is 1.51. The topological polar surface area (TPSA) is 67.4 Å². The fourth-order valence-electron chi connectivity index (χ4n) is 2.36. The van der Waals surface area contributed by atoms with Gasteiger partial charge in [-0.25, -0.2) is 4.79 Å². The van der Waals surface area contributed by atoms with Gasteiger partial charge in [0.1, 0.15) is 0 Å². The summed E-state index contributed by atoms with van der Waals surface area (Å²) < 4.78 is 5.32. The summed E-state index contributed by atoms with van der Waals surface area (Å²) in [6.45, 7) is 4.36. The second-order valence-electron chi connectivity index (χ2n) is 6.02. The van der Waals surface area contributed by atoms with Gasteiger partial charge in [0.2, 0.25) is 0 Å². The number of ether oxygens (including phenoxy) is 1. The van der Waals surface area contributed by atoms with Crippen LogP contribution in [0.15, 0.2) is 42.5 Å². The van der Waals surface area contributed by atoms with E-state index in [1.807, 2.05) is 12.1 Å². The Morgan fingerprint density at radius 2 is 1.78 bits per heavy atom. The number of esters is 1. The Morgan fingerprint density at radius 1 is 1.11 bits per heavy atom. The monoisotopic (exact) mass is 408 g/mol. The zero-order valence-corrected chi connectivity index (χ0v) is 16.7. The summed E-state index contributed by atoms with van der Waals surface area (Å²) in [4.78, 5) is 24.8. The predicted octanol–water partition coefficient (Wildman–Crippen LogP) is 5.39. The lowest BCUT2D eigenvalue weighted by Crippen LogP contribution is -2.30. The Hall–Kier alpha value is -2.24. The molecule has 0 unspecified atom stereocenters. The first kappa shape index (κ1) is 21.1. The number of para-hydroxylation sites is 1. The Bertz CT molecular complexity index is 791. The van der Waals surface area contributed by atoms with E-state index in [2.05, 4.69) is 17.6 Å². The largest absolute Gasteiger partial charge is 0.449 e. The molecule has 0 bridgehead atoms. The Labute approximate surface area is 169 Å². The van der Waals surface area contributed by atoms with Crippen molar-refractivity contribution in [1.82, 2.24) is 0 Å². The first-order chi connectivity index (χ1) is 12.9. The van der Waals surface area contributed by atoms with E-state index in [0.717, 1.165) is 19.4 Å². The minimum Gasteiger partial charge on any atom is -0.449 e. The van der Waals surface area contributed by atoms with E-state index in [1.54, 1.807) is 30.3 Å². The van der Waals surface area contributed by atoms with Crippen molar-refractivity contribution < 1.29 is 14.3 Å². The average Bonchev–Trinajstić information content (AvgIpc) is 2.61. The molecule has 2 rings (SSSR count). The van der Waals surface area contributed by atoms with Crippen LogP contribution in [0, 0.1) is 0 Å². The number of carbonyl (C=O) groups is 2. The van der Waals surface area contributed by atoms with Crippen LogP contribution >= 0.6 is 23.2 Å². The number of hydrogen-bond donors (Lipinski definition) is 2. The van der Waals surface area contributed by atoms with Gasteiger partial charge in [0, 0.05) is 28.0 Å². The van der Waals surface area contributed by atoms with E-state index in [4.69, 9.17) is 27.9 Å². The number of carbonyl (C=O) groups excluding carboxylic acids is 2. The molecular weight excluding hydrogens is 387 g/mol. The summed E-state index contributed by atoms with van der Waals surface area (Å²) >= 11 is 11.8. The summed E-state index contributed by atoms with van der Waals surface area (Å²) in [7, 11) is 0. The number of halogens is 2. The van der Waals surface area contributed by atoms with E-state index in [1.165, 1.54) is 6.92 Å². The average molecular weight is 409 g/mol. The zero-order chi connectivity index (χ0) is 19.8. The van der Waals surface area contributed by atoms with Gasteiger partial charge < -0.3 is 15.4 Å². The minimum atomic E-state index is -0.987. The molecule has 0 spiro atoms. The molecule has 0 fully saturated rings. The van der Waals surface area contributed by atoms with Crippen LogP contribution < -0.4 is 10.6 Å². The molecule has 2 aromatic carbocycles. The van der Waals surface area contributed by atoms with Gasteiger partial charge in [-0.15, -0.1) is 0 Å². The van der Waals surface area contributed by atoms with E-state index in [9.17, 15) is 9.59 Å². The number of nitrogens with one attached hydrogen (secondary N) is 2. The highest BCUT2D eigenvalue weighted by molar-refractivity contribution is 6.35. The van der Waals surface area contributed by atoms with Crippen molar-refractivity contribution in [3.63, 3.8) is 0 Å². The van der Waals surface area contributed by atoms with Crippen LogP contribution in [-0.2, 0) is 9.53 Å². The van der Waals surface area contributed by atoms with Crippen molar-refractivity contribution in [1.29, 1.82) is 0 Å². The molecule has 0 aliphatic carbocycles. The predicted molar refractivity (Wildman–Crippen MR) is 110 cm³/mol. The molecule has 0 aromatic heterocycles. The molecule has 1 atom stereocenters. The van der Waals surface area contributed by atoms with Gasteiger partial charge in [-0.2, -0.15) is 0 Å². The summed E-state index contributed by atoms with van der Waals surface area (Å²) in [5.74, 6) is -1.04. The van der Waals surface area contributed by atoms with E-state index in [0.29, 0.717) is 27.0 Å². The second kappa shape index (κ2) is 10.2. The zero-order valence-electron chi connectivity index (χ0n) is 15.2. The summed E-state index contributed by atoms with van der Waals surface area (Å²) in [5, 5.41) is 6.65. The number of benzene rings is 2. The number of hydrogen-bond acceptors (Lipinski definition) is 4. The molecule has 0 radical (unpaired) electrons. The maximum absolute atomic E-state index is 12.5. The highest BCUT2D eigenvalue weighted by Gasteiger charge is 2.21. The van der Waals surface area contributed by atoms with Crippen LogP contribution in [0.5, 0.6) is 0 Å². The Balaban J connectivity index is 2.01. The van der Waals surface area contributed by atoms with Crippen molar-refractivity contribution >= 4 is 46.5 Å². The summed E-state index contributed by atoms with van der Waals surface area (Å²) in [6, 6.07) is 11.7.